The monoisotopic (exact) mass is 268 g/mol. The molecule has 4 nitrogen and oxygen atoms in total. The number of nitrogens with one attached hydrogen (secondary N) is 1. The molecule has 2 rings (SSSR count). The van der Waals surface area contributed by atoms with Crippen LogP contribution in [0, 0.1) is 5.92 Å². The second kappa shape index (κ2) is 7.25. The molecule has 0 aliphatic carbocycles. The summed E-state index contributed by atoms with van der Waals surface area (Å²) >= 11 is 0. The van der Waals surface area contributed by atoms with Crippen molar-refractivity contribution in [2.24, 2.45) is 5.92 Å². The summed E-state index contributed by atoms with van der Waals surface area (Å²) in [5.74, 6) is 0.978. The van der Waals surface area contributed by atoms with Gasteiger partial charge in [0.25, 0.3) is 0 Å². The first-order valence-corrected chi connectivity index (χ1v) is 7.74. The van der Waals surface area contributed by atoms with Crippen LogP contribution in [0.4, 0.5) is 0 Å². The quantitative estimate of drug-likeness (QED) is 0.826. The number of piperidine rings is 1. The molecule has 2 aliphatic rings. The third kappa shape index (κ3) is 4.18. The molecule has 0 aromatic heterocycles. The van der Waals surface area contributed by atoms with E-state index in [0.717, 1.165) is 32.5 Å². The molecule has 2 heterocycles. The molecule has 0 saturated carbocycles. The number of carbonyl (C=O) groups excluding carboxylic acids is 1. The Balaban J connectivity index is 1.77. The lowest BCUT2D eigenvalue weighted by atomic mass is 9.89. The number of methoxy groups -OCH3 is 1. The van der Waals surface area contributed by atoms with Crippen LogP contribution in [0.3, 0.4) is 0 Å². The molecule has 0 radical (unpaired) electrons. The van der Waals surface area contributed by atoms with Gasteiger partial charge in [-0.2, -0.15) is 0 Å². The van der Waals surface area contributed by atoms with Crippen LogP contribution < -0.4 is 5.32 Å². The van der Waals surface area contributed by atoms with Crippen LogP contribution in [0.2, 0.25) is 0 Å². The van der Waals surface area contributed by atoms with E-state index in [2.05, 4.69) is 10.2 Å². The van der Waals surface area contributed by atoms with Gasteiger partial charge in [-0.3, -0.25) is 4.79 Å². The summed E-state index contributed by atoms with van der Waals surface area (Å²) in [4.78, 5) is 14.3. The van der Waals surface area contributed by atoms with Crippen LogP contribution in [-0.2, 0) is 9.53 Å². The average molecular weight is 268 g/mol. The van der Waals surface area contributed by atoms with Crippen molar-refractivity contribution in [2.45, 2.75) is 57.6 Å². The molecular formula is C15H28N2O2. The minimum Gasteiger partial charge on any atom is -0.382 e. The number of likely N-dealkylation sites (tertiary alicyclic amines) is 1. The highest BCUT2D eigenvalue weighted by molar-refractivity contribution is 5.76. The molecule has 3 unspecified atom stereocenters. The third-order valence-corrected chi connectivity index (χ3v) is 4.65. The fourth-order valence-corrected chi connectivity index (χ4v) is 3.28. The third-order valence-electron chi connectivity index (χ3n) is 4.65. The smallest absolute Gasteiger partial charge is 0.222 e. The Hall–Kier alpha value is -0.610. The van der Waals surface area contributed by atoms with E-state index in [4.69, 9.17) is 4.74 Å². The van der Waals surface area contributed by atoms with E-state index < -0.39 is 0 Å². The van der Waals surface area contributed by atoms with Gasteiger partial charge in [0.2, 0.25) is 5.91 Å². The number of rotatable bonds is 5. The van der Waals surface area contributed by atoms with Gasteiger partial charge in [-0.25, -0.2) is 0 Å². The highest BCUT2D eigenvalue weighted by atomic mass is 16.5. The predicted octanol–water partition coefficient (Wildman–Crippen LogP) is 1.79. The molecule has 2 saturated heterocycles. The summed E-state index contributed by atoms with van der Waals surface area (Å²) in [7, 11) is 1.71. The maximum atomic E-state index is 12.2. The molecular weight excluding hydrogens is 240 g/mol. The van der Waals surface area contributed by atoms with Gasteiger partial charge >= 0.3 is 0 Å². The molecule has 0 aromatic carbocycles. The first-order chi connectivity index (χ1) is 9.20. The summed E-state index contributed by atoms with van der Waals surface area (Å²) in [6.07, 6.45) is 6.65. The van der Waals surface area contributed by atoms with E-state index in [1.54, 1.807) is 7.11 Å². The first-order valence-electron chi connectivity index (χ1n) is 7.74. The molecule has 0 aromatic rings. The number of amides is 1. The average Bonchev–Trinajstić information content (AvgIpc) is 2.98. The van der Waals surface area contributed by atoms with Gasteiger partial charge in [-0.15, -0.1) is 0 Å². The van der Waals surface area contributed by atoms with Crippen molar-refractivity contribution in [2.75, 3.05) is 26.7 Å². The van der Waals surface area contributed by atoms with E-state index in [1.165, 1.54) is 19.3 Å². The van der Waals surface area contributed by atoms with Crippen molar-refractivity contribution in [3.05, 3.63) is 0 Å². The van der Waals surface area contributed by atoms with Gasteiger partial charge in [0.15, 0.2) is 0 Å². The van der Waals surface area contributed by atoms with E-state index in [9.17, 15) is 4.79 Å². The summed E-state index contributed by atoms with van der Waals surface area (Å²) in [5.41, 5.74) is 0. The summed E-state index contributed by atoms with van der Waals surface area (Å²) in [6.45, 7) is 5.08. The van der Waals surface area contributed by atoms with Crippen LogP contribution in [0.5, 0.6) is 0 Å². The predicted molar refractivity (Wildman–Crippen MR) is 76.0 cm³/mol. The molecule has 2 fully saturated rings. The topological polar surface area (TPSA) is 41.6 Å². The lowest BCUT2D eigenvalue weighted by Crippen LogP contribution is -2.45. The fraction of sp³-hybridized carbons (Fsp3) is 0.933. The molecule has 4 heteroatoms. The van der Waals surface area contributed by atoms with Gasteiger partial charge in [-0.05, 0) is 51.5 Å². The van der Waals surface area contributed by atoms with Crippen molar-refractivity contribution < 1.29 is 9.53 Å². The van der Waals surface area contributed by atoms with E-state index in [1.807, 2.05) is 6.92 Å². The zero-order valence-electron chi connectivity index (χ0n) is 12.4. The number of carbonyl (C=O) groups is 1. The van der Waals surface area contributed by atoms with Crippen molar-refractivity contribution in [1.82, 2.24) is 10.2 Å². The van der Waals surface area contributed by atoms with Crippen molar-refractivity contribution in [3.8, 4) is 0 Å². The second-order valence-corrected chi connectivity index (χ2v) is 6.03. The van der Waals surface area contributed by atoms with E-state index in [-0.39, 0.29) is 6.10 Å². The highest BCUT2D eigenvalue weighted by Gasteiger charge is 2.30. The Kier molecular flexibility index (Phi) is 5.64. The Morgan fingerprint density at radius 1 is 1.42 bits per heavy atom. The summed E-state index contributed by atoms with van der Waals surface area (Å²) in [6, 6.07) is 0.647. The van der Waals surface area contributed by atoms with E-state index in [0.29, 0.717) is 24.3 Å². The number of ether oxygens (including phenoxy) is 1. The van der Waals surface area contributed by atoms with Crippen LogP contribution in [0.25, 0.3) is 0 Å². The Bertz CT molecular complexity index is 290. The first kappa shape index (κ1) is 14.8. The van der Waals surface area contributed by atoms with Crippen LogP contribution in [-0.4, -0.2) is 49.7 Å². The molecule has 0 spiro atoms. The van der Waals surface area contributed by atoms with E-state index >= 15 is 0 Å². The van der Waals surface area contributed by atoms with Crippen molar-refractivity contribution >= 4 is 5.91 Å². The zero-order chi connectivity index (χ0) is 13.7. The summed E-state index contributed by atoms with van der Waals surface area (Å²) in [5, 5.41) is 3.59. The van der Waals surface area contributed by atoms with Crippen molar-refractivity contribution in [3.63, 3.8) is 0 Å². The van der Waals surface area contributed by atoms with Gasteiger partial charge in [0.1, 0.15) is 0 Å². The molecule has 1 amide bonds. The molecule has 1 N–H and O–H groups in total. The molecule has 110 valence electrons. The number of nitrogens with zero attached hydrogens (tertiary/aromatic N) is 1. The maximum absolute atomic E-state index is 12.2. The maximum Gasteiger partial charge on any atom is 0.222 e. The molecule has 0 bridgehead atoms. The Labute approximate surface area is 116 Å². The zero-order valence-corrected chi connectivity index (χ0v) is 12.4. The Morgan fingerprint density at radius 3 is 2.95 bits per heavy atom. The molecule has 3 atom stereocenters. The van der Waals surface area contributed by atoms with Gasteiger partial charge in [-0.1, -0.05) is 0 Å². The van der Waals surface area contributed by atoms with Gasteiger partial charge in [0, 0.05) is 32.7 Å². The number of hydrogen-bond donors (Lipinski definition) is 1. The minimum absolute atomic E-state index is 0.182. The summed E-state index contributed by atoms with van der Waals surface area (Å²) < 4.78 is 5.21. The van der Waals surface area contributed by atoms with Gasteiger partial charge < -0.3 is 15.0 Å². The second-order valence-electron chi connectivity index (χ2n) is 6.03. The molecule has 19 heavy (non-hydrogen) atoms. The van der Waals surface area contributed by atoms with Crippen LogP contribution in [0.15, 0.2) is 0 Å². The largest absolute Gasteiger partial charge is 0.382 e. The normalized spacial score (nSPS) is 29.5. The molecule has 2 aliphatic heterocycles. The van der Waals surface area contributed by atoms with Gasteiger partial charge in [0.05, 0.1) is 6.10 Å². The van der Waals surface area contributed by atoms with Crippen molar-refractivity contribution in [1.29, 1.82) is 0 Å². The highest BCUT2D eigenvalue weighted by Crippen LogP contribution is 2.25. The van der Waals surface area contributed by atoms with Crippen LogP contribution in [0.1, 0.15) is 45.4 Å². The lowest BCUT2D eigenvalue weighted by molar-refractivity contribution is -0.133. The minimum atomic E-state index is 0.182. The van der Waals surface area contributed by atoms with Crippen LogP contribution >= 0.6 is 0 Å². The fourth-order valence-electron chi connectivity index (χ4n) is 3.28. The SMILES string of the molecule is COC(C)CCC(=O)N1CCCC(C2CCCN2)C1. The Morgan fingerprint density at radius 2 is 2.26 bits per heavy atom. The number of hydrogen-bond acceptors (Lipinski definition) is 3. The lowest BCUT2D eigenvalue weighted by Gasteiger charge is -2.36. The standard InChI is InChI=1S/C15H28N2O2/c1-12(19-2)7-8-15(18)17-10-4-5-13(11-17)14-6-3-9-16-14/h12-14,16H,3-11H2,1-2H3.